The Balaban J connectivity index is 4.52. The van der Waals surface area contributed by atoms with Gasteiger partial charge in [-0.25, -0.2) is 0 Å². The minimum Gasteiger partial charge on any atom is -0.462 e. The first-order chi connectivity index (χ1) is 41.0. The third kappa shape index (κ3) is 67.7. The minimum absolute atomic E-state index is 0.104. The van der Waals surface area contributed by atoms with Crippen molar-refractivity contribution in [3.8, 4) is 0 Å². The summed E-state index contributed by atoms with van der Waals surface area (Å²) in [5.41, 5.74) is 0. The molecule has 0 N–H and O–H groups in total. The molecular weight excluding hydrogens is 1020 g/mol. The maximum Gasteiger partial charge on any atom is 0.306 e. The van der Waals surface area contributed by atoms with E-state index in [1.807, 2.05) is 0 Å². The first kappa shape index (κ1) is 78.0. The van der Waals surface area contributed by atoms with Crippen molar-refractivity contribution < 1.29 is 28.6 Å². The molecular formula is C77H124O6. The van der Waals surface area contributed by atoms with E-state index in [2.05, 4.69) is 179 Å². The maximum atomic E-state index is 13.0. The van der Waals surface area contributed by atoms with E-state index in [1.54, 1.807) is 0 Å². The van der Waals surface area contributed by atoms with Crippen molar-refractivity contribution in [2.45, 2.75) is 297 Å². The highest BCUT2D eigenvalue weighted by atomic mass is 16.6. The molecule has 1 unspecified atom stereocenters. The Morgan fingerprint density at radius 2 is 0.470 bits per heavy atom. The van der Waals surface area contributed by atoms with Crippen LogP contribution in [0.5, 0.6) is 0 Å². The van der Waals surface area contributed by atoms with Crippen molar-refractivity contribution in [1.29, 1.82) is 0 Å². The van der Waals surface area contributed by atoms with E-state index in [9.17, 15) is 14.4 Å². The SMILES string of the molecule is CC/C=C\C/C=C\C/C=C\C/C=C\C/C=C\C/C=C\C/C=C\CCCCCC(=O)OCC(COC(=O)CCCCCCCCCCC/C=C\CCCCCCCC)OC(=O)CCCCCCC/C=C\C/C=C\C/C=C\C/C=C\C/C=C\CC. The van der Waals surface area contributed by atoms with Gasteiger partial charge in [0, 0.05) is 19.3 Å². The van der Waals surface area contributed by atoms with E-state index in [1.165, 1.54) is 89.9 Å². The van der Waals surface area contributed by atoms with Crippen LogP contribution >= 0.6 is 0 Å². The van der Waals surface area contributed by atoms with Crippen molar-refractivity contribution in [3.05, 3.63) is 158 Å². The number of unbranched alkanes of at least 4 members (excludes halogenated alkanes) is 23. The highest BCUT2D eigenvalue weighted by molar-refractivity contribution is 5.71. The maximum absolute atomic E-state index is 13.0. The van der Waals surface area contributed by atoms with E-state index >= 15 is 0 Å². The van der Waals surface area contributed by atoms with Gasteiger partial charge in [0.05, 0.1) is 0 Å². The van der Waals surface area contributed by atoms with Crippen molar-refractivity contribution in [1.82, 2.24) is 0 Å². The number of carbonyl (C=O) groups is 3. The summed E-state index contributed by atoms with van der Waals surface area (Å²) in [5.74, 6) is -0.957. The van der Waals surface area contributed by atoms with E-state index in [-0.39, 0.29) is 31.1 Å². The fraction of sp³-hybridized carbons (Fsp3) is 0.623. The summed E-state index contributed by atoms with van der Waals surface area (Å²) in [6.45, 7) is 6.38. The van der Waals surface area contributed by atoms with Gasteiger partial charge >= 0.3 is 17.9 Å². The van der Waals surface area contributed by atoms with Gasteiger partial charge in [-0.1, -0.05) is 281 Å². The smallest absolute Gasteiger partial charge is 0.306 e. The predicted octanol–water partition coefficient (Wildman–Crippen LogP) is 23.7. The molecule has 0 saturated carbocycles. The highest BCUT2D eigenvalue weighted by Crippen LogP contribution is 2.15. The Morgan fingerprint density at radius 3 is 0.759 bits per heavy atom. The molecule has 0 rings (SSSR count). The first-order valence-electron chi connectivity index (χ1n) is 34.0. The lowest BCUT2D eigenvalue weighted by atomic mass is 10.1. The fourth-order valence-electron chi connectivity index (χ4n) is 8.97. The van der Waals surface area contributed by atoms with Gasteiger partial charge in [-0.2, -0.15) is 0 Å². The molecule has 0 fully saturated rings. The topological polar surface area (TPSA) is 78.9 Å². The Bertz CT molecular complexity index is 1840. The Hall–Kier alpha value is -4.97. The van der Waals surface area contributed by atoms with E-state index in [0.29, 0.717) is 19.3 Å². The lowest BCUT2D eigenvalue weighted by molar-refractivity contribution is -0.167. The monoisotopic (exact) mass is 1140 g/mol. The summed E-state index contributed by atoms with van der Waals surface area (Å²) in [7, 11) is 0. The van der Waals surface area contributed by atoms with Gasteiger partial charge in [0.15, 0.2) is 6.10 Å². The number of hydrogen-bond acceptors (Lipinski definition) is 6. The number of carbonyl (C=O) groups excluding carboxylic acids is 3. The summed E-state index contributed by atoms with van der Waals surface area (Å²) in [5, 5.41) is 0. The molecule has 0 bridgehead atoms. The lowest BCUT2D eigenvalue weighted by Crippen LogP contribution is -2.30. The van der Waals surface area contributed by atoms with E-state index < -0.39 is 6.10 Å². The van der Waals surface area contributed by atoms with Gasteiger partial charge < -0.3 is 14.2 Å². The van der Waals surface area contributed by atoms with Crippen LogP contribution in [0.25, 0.3) is 0 Å². The summed E-state index contributed by atoms with van der Waals surface area (Å²) in [6.07, 6.45) is 101. The van der Waals surface area contributed by atoms with E-state index in [0.717, 1.165) is 161 Å². The molecule has 0 aromatic heterocycles. The zero-order chi connectivity index (χ0) is 59.9. The number of hydrogen-bond donors (Lipinski definition) is 0. The summed E-state index contributed by atoms with van der Waals surface area (Å²) >= 11 is 0. The second kappa shape index (κ2) is 69.5. The zero-order valence-electron chi connectivity index (χ0n) is 53.7. The molecule has 0 aliphatic carbocycles. The van der Waals surface area contributed by atoms with Crippen LogP contribution in [0.2, 0.25) is 0 Å². The summed E-state index contributed by atoms with van der Waals surface area (Å²) < 4.78 is 16.9. The molecule has 0 spiro atoms. The molecule has 1 atom stereocenters. The quantitative estimate of drug-likeness (QED) is 0.0261. The van der Waals surface area contributed by atoms with Gasteiger partial charge in [0.1, 0.15) is 13.2 Å². The molecule has 0 aromatic carbocycles. The summed E-state index contributed by atoms with van der Waals surface area (Å²) in [6, 6.07) is 0. The van der Waals surface area contributed by atoms with Gasteiger partial charge in [-0.3, -0.25) is 14.4 Å². The Kier molecular flexibility index (Phi) is 65.4. The predicted molar refractivity (Wildman–Crippen MR) is 362 cm³/mol. The largest absolute Gasteiger partial charge is 0.462 e. The zero-order valence-corrected chi connectivity index (χ0v) is 53.7. The van der Waals surface area contributed by atoms with Gasteiger partial charge in [0.2, 0.25) is 0 Å². The molecule has 0 saturated heterocycles. The van der Waals surface area contributed by atoms with Crippen LogP contribution < -0.4 is 0 Å². The molecule has 468 valence electrons. The first-order valence-corrected chi connectivity index (χ1v) is 34.0. The van der Waals surface area contributed by atoms with Gasteiger partial charge in [-0.15, -0.1) is 0 Å². The molecule has 6 nitrogen and oxygen atoms in total. The molecule has 0 aliphatic heterocycles. The molecule has 0 aromatic rings. The Morgan fingerprint density at radius 1 is 0.253 bits per heavy atom. The normalized spacial score (nSPS) is 13.1. The van der Waals surface area contributed by atoms with Crippen molar-refractivity contribution in [2.75, 3.05) is 13.2 Å². The summed E-state index contributed by atoms with van der Waals surface area (Å²) in [4.78, 5) is 38.5. The van der Waals surface area contributed by atoms with Crippen LogP contribution in [-0.2, 0) is 28.6 Å². The second-order valence-electron chi connectivity index (χ2n) is 22.0. The molecule has 0 aliphatic rings. The molecule has 0 radical (unpaired) electrons. The number of ether oxygens (including phenoxy) is 3. The van der Waals surface area contributed by atoms with Crippen molar-refractivity contribution in [2.24, 2.45) is 0 Å². The lowest BCUT2D eigenvalue weighted by Gasteiger charge is -2.18. The van der Waals surface area contributed by atoms with Crippen molar-refractivity contribution in [3.63, 3.8) is 0 Å². The minimum atomic E-state index is -0.814. The van der Waals surface area contributed by atoms with E-state index in [4.69, 9.17) is 14.2 Å². The number of rotatable bonds is 60. The Labute approximate surface area is 511 Å². The third-order valence-corrected chi connectivity index (χ3v) is 14.0. The molecule has 0 heterocycles. The van der Waals surface area contributed by atoms with Crippen LogP contribution in [0.15, 0.2) is 158 Å². The second-order valence-corrected chi connectivity index (χ2v) is 22.0. The van der Waals surface area contributed by atoms with Crippen molar-refractivity contribution >= 4 is 17.9 Å². The highest BCUT2D eigenvalue weighted by Gasteiger charge is 2.19. The molecule has 83 heavy (non-hydrogen) atoms. The van der Waals surface area contributed by atoms with Crippen LogP contribution in [0.3, 0.4) is 0 Å². The van der Waals surface area contributed by atoms with Crippen LogP contribution in [0.4, 0.5) is 0 Å². The molecule has 0 amide bonds. The van der Waals surface area contributed by atoms with Crippen LogP contribution in [0, 0.1) is 0 Å². The third-order valence-electron chi connectivity index (χ3n) is 14.0. The van der Waals surface area contributed by atoms with Crippen LogP contribution in [0.1, 0.15) is 290 Å². The van der Waals surface area contributed by atoms with Gasteiger partial charge in [-0.05, 0) is 148 Å². The number of esters is 3. The molecule has 6 heteroatoms. The standard InChI is InChI=1S/C77H124O6/c1-4-7-10-13-16-19-22-25-28-31-34-36-37-38-39-41-43-46-49-52-55-58-61-64-67-70-76(79)82-73-74(72-81-75(78)69-66-63-60-57-54-51-48-45-42-33-30-27-24-21-18-15-12-9-6-3)83-77(80)71-68-65-62-59-56-53-50-47-44-40-35-32-29-26-23-20-17-14-11-8-5-2/h7-8,10-11,16-17,19-20,25-30,34-36,38-40,43,46-47,50,52,55,74H,4-6,9,12-15,18,21-24,31-33,37,41-42,44-45,48-49,51,53-54,56-73H2,1-3H3/b10-7-,11-8-,19-16-,20-17-,28-25-,29-26-,30-27-,36-34-,39-38-,40-35-,46-43-,50-47-,55-52-. The fourth-order valence-corrected chi connectivity index (χ4v) is 8.97. The van der Waals surface area contributed by atoms with Crippen LogP contribution in [-0.4, -0.2) is 37.2 Å². The average Bonchev–Trinajstić information content (AvgIpc) is 3.50. The number of allylic oxidation sites excluding steroid dienone is 26. The average molecular weight is 1150 g/mol. The van der Waals surface area contributed by atoms with Gasteiger partial charge in [0.25, 0.3) is 0 Å².